The average molecular weight is 501 g/mol. The van der Waals surface area contributed by atoms with Crippen LogP contribution in [0.5, 0.6) is 0 Å². The number of fused-ring (bicyclic) bond motifs is 3. The lowest BCUT2D eigenvalue weighted by molar-refractivity contribution is -0.126. The summed E-state index contributed by atoms with van der Waals surface area (Å²) >= 11 is 1.54. The van der Waals surface area contributed by atoms with Crippen LogP contribution in [0.25, 0.3) is 0 Å². The molecule has 1 N–H and O–H groups in total. The van der Waals surface area contributed by atoms with Crippen LogP contribution in [0.3, 0.4) is 0 Å². The van der Waals surface area contributed by atoms with Gasteiger partial charge in [-0.05, 0) is 40.8 Å². The molecule has 3 aromatic rings. The van der Waals surface area contributed by atoms with Crippen molar-refractivity contribution in [2.45, 2.75) is 50.9 Å². The van der Waals surface area contributed by atoms with Gasteiger partial charge in [-0.2, -0.15) is 4.99 Å². The van der Waals surface area contributed by atoms with Crippen LogP contribution in [0, 0.1) is 0 Å². The number of thioether (sulfide) groups is 1. The lowest BCUT2D eigenvalue weighted by Gasteiger charge is -2.31. The van der Waals surface area contributed by atoms with Gasteiger partial charge in [-0.3, -0.25) is 14.5 Å². The lowest BCUT2D eigenvalue weighted by atomic mass is 9.87. The largest absolute Gasteiger partial charge is 0.467 e. The Labute approximate surface area is 214 Å². The normalized spacial score (nSPS) is 16.8. The number of rotatable bonds is 6. The van der Waals surface area contributed by atoms with Crippen LogP contribution in [-0.2, 0) is 27.3 Å². The Hall–Kier alpha value is -3.65. The average Bonchev–Trinajstić information content (AvgIpc) is 3.49. The Kier molecular flexibility index (Phi) is 6.53. The predicted octanol–water partition coefficient (Wildman–Crippen LogP) is 5.18. The molecule has 184 valence electrons. The molecule has 1 atom stereocenters. The highest BCUT2D eigenvalue weighted by Gasteiger charge is 2.42. The van der Waals surface area contributed by atoms with E-state index in [-0.39, 0.29) is 30.2 Å². The second-order valence-corrected chi connectivity index (χ2v) is 10.8. The highest BCUT2D eigenvalue weighted by atomic mass is 32.2. The molecule has 36 heavy (non-hydrogen) atoms. The molecule has 0 saturated carbocycles. The first-order valence-electron chi connectivity index (χ1n) is 11.9. The van der Waals surface area contributed by atoms with E-state index in [1.165, 1.54) is 5.56 Å². The summed E-state index contributed by atoms with van der Waals surface area (Å²) in [5, 5.41) is 3.50. The number of amidine groups is 2. The van der Waals surface area contributed by atoms with E-state index >= 15 is 0 Å². The molecule has 2 aliphatic rings. The van der Waals surface area contributed by atoms with E-state index < -0.39 is 6.04 Å². The Bertz CT molecular complexity index is 1340. The monoisotopic (exact) mass is 500 g/mol. The number of hydrogen-bond acceptors (Lipinski definition) is 6. The SMILES string of the molecule is CC(C)(C)c1ccc(CSC2=Nc3ccccc3C3=NC(=O)C(CC(=O)NCc4ccco4)N23)cc1. The second-order valence-electron chi connectivity index (χ2n) is 9.87. The molecule has 0 bridgehead atoms. The van der Waals surface area contributed by atoms with E-state index in [4.69, 9.17) is 9.41 Å². The first-order valence-corrected chi connectivity index (χ1v) is 12.9. The van der Waals surface area contributed by atoms with Crippen molar-refractivity contribution in [3.63, 3.8) is 0 Å². The minimum atomic E-state index is -0.737. The minimum absolute atomic E-state index is 0.0193. The number of nitrogens with zero attached hydrogens (tertiary/aromatic N) is 3. The van der Waals surface area contributed by atoms with Crippen molar-refractivity contribution in [1.29, 1.82) is 0 Å². The maximum Gasteiger partial charge on any atom is 0.271 e. The third-order valence-electron chi connectivity index (χ3n) is 6.21. The third-order valence-corrected chi connectivity index (χ3v) is 7.24. The summed E-state index contributed by atoms with van der Waals surface area (Å²) in [6.45, 7) is 6.85. The fourth-order valence-corrected chi connectivity index (χ4v) is 5.20. The fourth-order valence-electron chi connectivity index (χ4n) is 4.20. The Morgan fingerprint density at radius 3 is 2.56 bits per heavy atom. The van der Waals surface area contributed by atoms with Gasteiger partial charge in [-0.15, -0.1) is 0 Å². The molecule has 0 fully saturated rings. The van der Waals surface area contributed by atoms with Crippen LogP contribution < -0.4 is 5.32 Å². The standard InChI is InChI=1S/C28H28N4O3S/c1-28(2,3)19-12-10-18(11-13-19)17-36-27-30-22-9-5-4-8-21(22)25-31-26(34)23(32(25)27)15-24(33)29-16-20-7-6-14-35-20/h4-14,23H,15-17H2,1-3H3,(H,29,33). The number of aliphatic imine (C=N–C) groups is 2. The molecule has 2 aliphatic heterocycles. The molecule has 1 aromatic heterocycles. The number of amides is 2. The molecule has 0 aliphatic carbocycles. The quantitative estimate of drug-likeness (QED) is 0.504. The van der Waals surface area contributed by atoms with E-state index in [0.29, 0.717) is 22.5 Å². The van der Waals surface area contributed by atoms with Gasteiger partial charge in [0.25, 0.3) is 5.91 Å². The zero-order valence-electron chi connectivity index (χ0n) is 20.5. The van der Waals surface area contributed by atoms with Gasteiger partial charge < -0.3 is 9.73 Å². The minimum Gasteiger partial charge on any atom is -0.467 e. The van der Waals surface area contributed by atoms with Crippen molar-refractivity contribution < 1.29 is 14.0 Å². The van der Waals surface area contributed by atoms with Gasteiger partial charge in [-0.1, -0.05) is 68.9 Å². The smallest absolute Gasteiger partial charge is 0.271 e. The van der Waals surface area contributed by atoms with Gasteiger partial charge in [0.2, 0.25) is 5.91 Å². The molecular weight excluding hydrogens is 472 g/mol. The maximum absolute atomic E-state index is 13.0. The summed E-state index contributed by atoms with van der Waals surface area (Å²) in [4.78, 5) is 36.7. The molecule has 0 radical (unpaired) electrons. The molecule has 7 nitrogen and oxygen atoms in total. The molecule has 2 amide bonds. The van der Waals surface area contributed by atoms with Crippen LogP contribution >= 0.6 is 11.8 Å². The summed E-state index contributed by atoms with van der Waals surface area (Å²) in [6, 6.07) is 19.1. The van der Waals surface area contributed by atoms with Gasteiger partial charge >= 0.3 is 0 Å². The Morgan fingerprint density at radius 2 is 1.83 bits per heavy atom. The molecule has 0 saturated heterocycles. The molecule has 2 aromatic carbocycles. The van der Waals surface area contributed by atoms with E-state index in [9.17, 15) is 9.59 Å². The van der Waals surface area contributed by atoms with Crippen molar-refractivity contribution in [2.75, 3.05) is 0 Å². The second kappa shape index (κ2) is 9.78. The van der Waals surface area contributed by atoms with Crippen molar-refractivity contribution in [3.05, 3.63) is 89.4 Å². The number of furan rings is 1. The predicted molar refractivity (Wildman–Crippen MR) is 142 cm³/mol. The number of hydrogen-bond donors (Lipinski definition) is 1. The molecule has 8 heteroatoms. The number of benzene rings is 2. The van der Waals surface area contributed by atoms with Crippen molar-refractivity contribution in [1.82, 2.24) is 10.2 Å². The van der Waals surface area contributed by atoms with Crippen LogP contribution in [0.4, 0.5) is 5.69 Å². The maximum atomic E-state index is 13.0. The number of carbonyl (C=O) groups excluding carboxylic acids is 2. The summed E-state index contributed by atoms with van der Waals surface area (Å²) in [5.74, 6) is 1.31. The summed E-state index contributed by atoms with van der Waals surface area (Å²) in [7, 11) is 0. The Morgan fingerprint density at radius 1 is 1.06 bits per heavy atom. The van der Waals surface area contributed by atoms with Crippen LogP contribution in [-0.4, -0.2) is 33.8 Å². The summed E-state index contributed by atoms with van der Waals surface area (Å²) < 4.78 is 5.28. The molecule has 0 spiro atoms. The highest BCUT2D eigenvalue weighted by Crippen LogP contribution is 2.36. The molecule has 5 rings (SSSR count). The Balaban J connectivity index is 1.35. The summed E-state index contributed by atoms with van der Waals surface area (Å²) in [6.07, 6.45) is 1.54. The van der Waals surface area contributed by atoms with Gasteiger partial charge in [0.1, 0.15) is 17.6 Å². The first-order chi connectivity index (χ1) is 17.3. The van der Waals surface area contributed by atoms with E-state index in [2.05, 4.69) is 55.3 Å². The van der Waals surface area contributed by atoms with Crippen molar-refractivity contribution in [2.24, 2.45) is 9.98 Å². The molecular formula is C28H28N4O3S. The van der Waals surface area contributed by atoms with Crippen molar-refractivity contribution >= 4 is 40.3 Å². The number of nitrogens with one attached hydrogen (secondary N) is 1. The van der Waals surface area contributed by atoms with Crippen LogP contribution in [0.1, 0.15) is 49.6 Å². The number of para-hydroxylation sites is 1. The van der Waals surface area contributed by atoms with E-state index in [1.807, 2.05) is 29.2 Å². The van der Waals surface area contributed by atoms with Gasteiger partial charge in [0, 0.05) is 11.3 Å². The van der Waals surface area contributed by atoms with Crippen LogP contribution in [0.15, 0.2) is 81.3 Å². The van der Waals surface area contributed by atoms with Gasteiger partial charge in [0.05, 0.1) is 24.9 Å². The molecule has 3 heterocycles. The summed E-state index contributed by atoms with van der Waals surface area (Å²) in [5.41, 5.74) is 4.10. The zero-order valence-corrected chi connectivity index (χ0v) is 21.3. The first kappa shape index (κ1) is 24.1. The zero-order chi connectivity index (χ0) is 25.3. The van der Waals surface area contributed by atoms with Crippen LogP contribution in [0.2, 0.25) is 0 Å². The van der Waals surface area contributed by atoms with E-state index in [0.717, 1.165) is 16.8 Å². The lowest BCUT2D eigenvalue weighted by Crippen LogP contribution is -2.45. The van der Waals surface area contributed by atoms with Crippen molar-refractivity contribution in [3.8, 4) is 0 Å². The van der Waals surface area contributed by atoms with E-state index in [1.54, 1.807) is 30.2 Å². The topological polar surface area (TPSA) is 87.3 Å². The van der Waals surface area contributed by atoms with Gasteiger partial charge in [-0.25, -0.2) is 4.99 Å². The van der Waals surface area contributed by atoms with Gasteiger partial charge in [0.15, 0.2) is 5.17 Å². The third kappa shape index (κ3) is 4.99. The number of carbonyl (C=O) groups is 2. The fraction of sp³-hybridized carbons (Fsp3) is 0.286. The highest BCUT2D eigenvalue weighted by molar-refractivity contribution is 8.13. The molecule has 1 unspecified atom stereocenters.